The Kier molecular flexibility index (Phi) is 6.90. The van der Waals surface area contributed by atoms with Crippen LogP contribution in [0.4, 0.5) is 5.82 Å². The second-order valence-electron chi connectivity index (χ2n) is 6.06. The van der Waals surface area contributed by atoms with E-state index in [1.807, 2.05) is 0 Å². The van der Waals surface area contributed by atoms with Crippen molar-refractivity contribution in [2.75, 3.05) is 11.9 Å². The van der Waals surface area contributed by atoms with Crippen LogP contribution in [0, 0.1) is 0 Å². The summed E-state index contributed by atoms with van der Waals surface area (Å²) >= 11 is 0. The summed E-state index contributed by atoms with van der Waals surface area (Å²) in [6, 6.07) is 4.40. The molecule has 0 saturated heterocycles. The standard InChI is InChI=1S/C18H30N2/c1-2-3-4-5-6-7-8-9-15-19-18-14-13-16-11-10-12-17(16)20-18/h13-14H,2-12,15H2,1H3,(H,19,20). The Morgan fingerprint density at radius 3 is 2.50 bits per heavy atom. The van der Waals surface area contributed by atoms with Gasteiger partial charge in [0.2, 0.25) is 0 Å². The second-order valence-corrected chi connectivity index (χ2v) is 6.06. The zero-order chi connectivity index (χ0) is 14.0. The maximum Gasteiger partial charge on any atom is 0.126 e. The lowest BCUT2D eigenvalue weighted by molar-refractivity contribution is 0.581. The van der Waals surface area contributed by atoms with Gasteiger partial charge in [-0.2, -0.15) is 0 Å². The average Bonchev–Trinajstić information content (AvgIpc) is 2.93. The van der Waals surface area contributed by atoms with Crippen LogP contribution in [0.25, 0.3) is 0 Å². The van der Waals surface area contributed by atoms with Crippen LogP contribution in [0.2, 0.25) is 0 Å². The van der Waals surface area contributed by atoms with Crippen molar-refractivity contribution in [1.82, 2.24) is 4.98 Å². The van der Waals surface area contributed by atoms with Crippen LogP contribution in [0.5, 0.6) is 0 Å². The number of pyridine rings is 1. The van der Waals surface area contributed by atoms with E-state index in [2.05, 4.69) is 24.4 Å². The highest BCUT2D eigenvalue weighted by Crippen LogP contribution is 2.21. The van der Waals surface area contributed by atoms with E-state index in [0.717, 1.165) is 12.4 Å². The molecule has 0 spiro atoms. The monoisotopic (exact) mass is 274 g/mol. The third-order valence-electron chi connectivity index (χ3n) is 4.26. The maximum atomic E-state index is 4.71. The SMILES string of the molecule is CCCCCCCCCCNc1ccc2c(n1)CCC2. The fraction of sp³-hybridized carbons (Fsp3) is 0.722. The minimum atomic E-state index is 1.07. The molecular formula is C18H30N2. The van der Waals surface area contributed by atoms with Crippen molar-refractivity contribution in [3.8, 4) is 0 Å². The fourth-order valence-electron chi connectivity index (χ4n) is 2.99. The van der Waals surface area contributed by atoms with Crippen molar-refractivity contribution in [3.05, 3.63) is 23.4 Å². The molecule has 0 fully saturated rings. The number of hydrogen-bond acceptors (Lipinski definition) is 2. The second kappa shape index (κ2) is 8.99. The van der Waals surface area contributed by atoms with Gasteiger partial charge >= 0.3 is 0 Å². The molecule has 1 aromatic heterocycles. The molecule has 0 atom stereocenters. The van der Waals surface area contributed by atoms with Crippen molar-refractivity contribution in [2.45, 2.75) is 77.6 Å². The summed E-state index contributed by atoms with van der Waals surface area (Å²) in [5, 5.41) is 3.47. The zero-order valence-electron chi connectivity index (χ0n) is 13.1. The molecule has 112 valence electrons. The van der Waals surface area contributed by atoms with Crippen molar-refractivity contribution >= 4 is 5.82 Å². The van der Waals surface area contributed by atoms with E-state index in [-0.39, 0.29) is 0 Å². The lowest BCUT2D eigenvalue weighted by Crippen LogP contribution is -2.04. The summed E-state index contributed by atoms with van der Waals surface area (Å²) in [4.78, 5) is 4.71. The van der Waals surface area contributed by atoms with E-state index in [0.29, 0.717) is 0 Å². The molecule has 1 N–H and O–H groups in total. The van der Waals surface area contributed by atoms with Crippen LogP contribution in [0.15, 0.2) is 12.1 Å². The number of hydrogen-bond donors (Lipinski definition) is 1. The molecule has 1 aliphatic rings. The van der Waals surface area contributed by atoms with Gasteiger partial charge in [-0.3, -0.25) is 0 Å². The van der Waals surface area contributed by atoms with Crippen LogP contribution in [-0.2, 0) is 12.8 Å². The summed E-state index contributed by atoms with van der Waals surface area (Å²) in [6.45, 7) is 3.35. The van der Waals surface area contributed by atoms with Gasteiger partial charge in [-0.1, -0.05) is 57.9 Å². The topological polar surface area (TPSA) is 24.9 Å². The van der Waals surface area contributed by atoms with E-state index in [9.17, 15) is 0 Å². The van der Waals surface area contributed by atoms with Crippen LogP contribution < -0.4 is 5.32 Å². The van der Waals surface area contributed by atoms with E-state index in [1.54, 1.807) is 0 Å². The Bertz CT molecular complexity index is 387. The molecule has 2 heteroatoms. The quantitative estimate of drug-likeness (QED) is 0.599. The largest absolute Gasteiger partial charge is 0.370 e. The normalized spacial score (nSPS) is 13.4. The minimum Gasteiger partial charge on any atom is -0.370 e. The number of rotatable bonds is 10. The van der Waals surface area contributed by atoms with Crippen LogP contribution in [-0.4, -0.2) is 11.5 Å². The van der Waals surface area contributed by atoms with Crippen molar-refractivity contribution < 1.29 is 0 Å². The van der Waals surface area contributed by atoms with Gasteiger partial charge in [0.1, 0.15) is 5.82 Å². The zero-order valence-corrected chi connectivity index (χ0v) is 13.1. The number of aromatic nitrogens is 1. The Morgan fingerprint density at radius 2 is 1.70 bits per heavy atom. The Morgan fingerprint density at radius 1 is 0.950 bits per heavy atom. The third-order valence-corrected chi connectivity index (χ3v) is 4.26. The molecule has 0 saturated carbocycles. The molecule has 2 rings (SSSR count). The van der Waals surface area contributed by atoms with Crippen LogP contribution in [0.3, 0.4) is 0 Å². The first-order chi connectivity index (χ1) is 9.90. The first kappa shape index (κ1) is 15.3. The fourth-order valence-corrected chi connectivity index (χ4v) is 2.99. The van der Waals surface area contributed by atoms with Gasteiger partial charge in [0, 0.05) is 12.2 Å². The van der Waals surface area contributed by atoms with Gasteiger partial charge in [0.05, 0.1) is 0 Å². The van der Waals surface area contributed by atoms with Crippen molar-refractivity contribution in [1.29, 1.82) is 0 Å². The van der Waals surface area contributed by atoms with E-state index >= 15 is 0 Å². The summed E-state index contributed by atoms with van der Waals surface area (Å²) in [5.74, 6) is 1.08. The van der Waals surface area contributed by atoms with Crippen molar-refractivity contribution in [2.24, 2.45) is 0 Å². The molecule has 20 heavy (non-hydrogen) atoms. The molecule has 0 unspecified atom stereocenters. The van der Waals surface area contributed by atoms with Gasteiger partial charge < -0.3 is 5.32 Å². The Hall–Kier alpha value is -1.05. The molecule has 2 nitrogen and oxygen atoms in total. The molecule has 0 amide bonds. The lowest BCUT2D eigenvalue weighted by atomic mass is 10.1. The number of nitrogens with one attached hydrogen (secondary N) is 1. The minimum absolute atomic E-state index is 1.07. The van der Waals surface area contributed by atoms with Crippen molar-refractivity contribution in [3.63, 3.8) is 0 Å². The predicted octanol–water partition coefficient (Wildman–Crippen LogP) is 5.12. The van der Waals surface area contributed by atoms with Crippen LogP contribution >= 0.6 is 0 Å². The number of fused-ring (bicyclic) bond motifs is 1. The Labute approximate surface area is 124 Å². The van der Waals surface area contributed by atoms with Gasteiger partial charge in [0.25, 0.3) is 0 Å². The van der Waals surface area contributed by atoms with E-state index in [1.165, 1.54) is 81.9 Å². The van der Waals surface area contributed by atoms with Gasteiger partial charge in [-0.05, 0) is 37.3 Å². The molecule has 1 aliphatic carbocycles. The summed E-state index contributed by atoms with van der Waals surface area (Å²) < 4.78 is 0. The van der Waals surface area contributed by atoms with Gasteiger partial charge in [-0.25, -0.2) is 4.98 Å². The molecule has 0 radical (unpaired) electrons. The number of nitrogens with zero attached hydrogens (tertiary/aromatic N) is 1. The maximum absolute atomic E-state index is 4.71. The van der Waals surface area contributed by atoms with Gasteiger partial charge in [0.15, 0.2) is 0 Å². The molecule has 1 aromatic rings. The Balaban J connectivity index is 1.51. The summed E-state index contributed by atoms with van der Waals surface area (Å²) in [6.07, 6.45) is 14.7. The number of aryl methyl sites for hydroxylation is 2. The van der Waals surface area contributed by atoms with E-state index < -0.39 is 0 Å². The molecule has 0 aliphatic heterocycles. The smallest absolute Gasteiger partial charge is 0.126 e. The highest BCUT2D eigenvalue weighted by molar-refractivity contribution is 5.40. The summed E-state index contributed by atoms with van der Waals surface area (Å²) in [7, 11) is 0. The molecule has 0 bridgehead atoms. The van der Waals surface area contributed by atoms with Crippen LogP contribution in [0.1, 0.15) is 76.0 Å². The summed E-state index contributed by atoms with van der Waals surface area (Å²) in [5.41, 5.74) is 2.79. The molecular weight excluding hydrogens is 244 g/mol. The molecule has 1 heterocycles. The number of unbranched alkanes of at least 4 members (excludes halogenated alkanes) is 7. The van der Waals surface area contributed by atoms with E-state index in [4.69, 9.17) is 4.98 Å². The predicted molar refractivity (Wildman–Crippen MR) is 87.4 cm³/mol. The number of anilines is 1. The first-order valence-corrected chi connectivity index (χ1v) is 8.63. The average molecular weight is 274 g/mol. The van der Waals surface area contributed by atoms with Gasteiger partial charge in [-0.15, -0.1) is 0 Å². The highest BCUT2D eigenvalue weighted by Gasteiger charge is 2.11. The molecule has 0 aromatic carbocycles. The third kappa shape index (κ3) is 5.15. The first-order valence-electron chi connectivity index (χ1n) is 8.63. The highest BCUT2D eigenvalue weighted by atomic mass is 15.0. The lowest BCUT2D eigenvalue weighted by Gasteiger charge is -2.07.